The van der Waals surface area contributed by atoms with E-state index in [9.17, 15) is 9.82 Å². The Kier molecular flexibility index (Phi) is 7.11. The van der Waals surface area contributed by atoms with E-state index in [4.69, 9.17) is 44.3 Å². The first-order valence-electron chi connectivity index (χ1n) is 13.2. The highest BCUT2D eigenvalue weighted by Gasteiger charge is 2.41. The van der Waals surface area contributed by atoms with Gasteiger partial charge >= 0.3 is 7.12 Å². The van der Waals surface area contributed by atoms with E-state index in [1.165, 1.54) is 0 Å². The molecule has 11 heteroatoms. The maximum atomic E-state index is 13.2. The first kappa shape index (κ1) is 28.1. The van der Waals surface area contributed by atoms with Crippen molar-refractivity contribution >= 4 is 64.5 Å². The number of hydrogen-bond donors (Lipinski definition) is 2. The van der Waals surface area contributed by atoms with Crippen LogP contribution in [0.3, 0.4) is 0 Å². The molecule has 0 spiro atoms. The highest BCUT2D eigenvalue weighted by atomic mass is 35.5. The number of aromatic nitrogens is 1. The minimum atomic E-state index is -0.940. The Balaban J connectivity index is 1.16. The summed E-state index contributed by atoms with van der Waals surface area (Å²) in [6.45, 7) is 6.24. The Morgan fingerprint density at radius 1 is 1.10 bits per heavy atom. The molecular formula is C30H27BCl3N3O4. The Labute approximate surface area is 253 Å². The zero-order chi connectivity index (χ0) is 29.1. The van der Waals surface area contributed by atoms with E-state index in [-0.39, 0.29) is 5.91 Å². The van der Waals surface area contributed by atoms with Gasteiger partial charge in [0.05, 0.1) is 37.4 Å². The second kappa shape index (κ2) is 10.4. The normalized spacial score (nSPS) is 19.3. The predicted molar refractivity (Wildman–Crippen MR) is 163 cm³/mol. The predicted octanol–water partition coefficient (Wildman–Crippen LogP) is 5.86. The van der Waals surface area contributed by atoms with E-state index in [1.54, 1.807) is 18.2 Å². The maximum Gasteiger partial charge on any atom is 0.492 e. The van der Waals surface area contributed by atoms with Crippen molar-refractivity contribution < 1.29 is 19.3 Å². The Hall–Kier alpha value is -3.01. The summed E-state index contributed by atoms with van der Waals surface area (Å²) in [4.78, 5) is 19.1. The Morgan fingerprint density at radius 2 is 1.85 bits per heavy atom. The fourth-order valence-electron chi connectivity index (χ4n) is 5.60. The summed E-state index contributed by atoms with van der Waals surface area (Å²) >= 11 is 18.7. The number of amides is 1. The highest BCUT2D eigenvalue weighted by Crippen LogP contribution is 2.41. The molecule has 2 aliphatic rings. The molecule has 2 aromatic heterocycles. The molecule has 0 saturated carbocycles. The summed E-state index contributed by atoms with van der Waals surface area (Å²) in [5.41, 5.74) is 5.09. The van der Waals surface area contributed by atoms with Crippen molar-refractivity contribution in [3.63, 3.8) is 0 Å². The molecule has 2 aliphatic heterocycles. The molecular weight excluding hydrogens is 584 g/mol. The van der Waals surface area contributed by atoms with Crippen LogP contribution in [0.4, 0.5) is 0 Å². The molecule has 41 heavy (non-hydrogen) atoms. The largest absolute Gasteiger partial charge is 0.492 e. The number of carbonyl (C=O) groups is 1. The molecule has 0 fully saturated rings. The van der Waals surface area contributed by atoms with E-state index in [1.807, 2.05) is 67.8 Å². The summed E-state index contributed by atoms with van der Waals surface area (Å²) in [5, 5.41) is 18.7. The van der Waals surface area contributed by atoms with Gasteiger partial charge in [-0.2, -0.15) is 0 Å². The Bertz CT molecular complexity index is 1710. The molecule has 1 unspecified atom stereocenters. The third kappa shape index (κ3) is 5.02. The van der Waals surface area contributed by atoms with Crippen molar-refractivity contribution in [3.8, 4) is 0 Å². The van der Waals surface area contributed by atoms with E-state index in [0.29, 0.717) is 40.0 Å². The Morgan fingerprint density at radius 3 is 2.61 bits per heavy atom. The van der Waals surface area contributed by atoms with Gasteiger partial charge in [0.15, 0.2) is 5.60 Å². The molecule has 0 aliphatic carbocycles. The van der Waals surface area contributed by atoms with Gasteiger partial charge in [-0.3, -0.25) is 4.79 Å². The number of nitrogens with one attached hydrogen (secondary N) is 1. The third-order valence-corrected chi connectivity index (χ3v) is 9.02. The van der Waals surface area contributed by atoms with Crippen LogP contribution in [0.5, 0.6) is 0 Å². The van der Waals surface area contributed by atoms with Crippen LogP contribution >= 0.6 is 34.8 Å². The summed E-state index contributed by atoms with van der Waals surface area (Å²) in [7, 11) is -0.940. The second-order valence-corrected chi connectivity index (χ2v) is 12.3. The van der Waals surface area contributed by atoms with Gasteiger partial charge < -0.3 is 24.2 Å². The number of carbonyl (C=O) groups excluding carboxylic acids is 1. The van der Waals surface area contributed by atoms with Crippen molar-refractivity contribution in [1.82, 2.24) is 9.72 Å². The van der Waals surface area contributed by atoms with Gasteiger partial charge in [-0.05, 0) is 80.2 Å². The number of benzene rings is 2. The maximum absolute atomic E-state index is 13.2. The molecule has 1 atom stereocenters. The van der Waals surface area contributed by atoms with Crippen molar-refractivity contribution in [2.75, 3.05) is 6.54 Å². The van der Waals surface area contributed by atoms with Gasteiger partial charge in [-0.15, -0.1) is 0 Å². The zero-order valence-corrected chi connectivity index (χ0v) is 24.9. The molecule has 0 saturated heterocycles. The van der Waals surface area contributed by atoms with E-state index >= 15 is 0 Å². The van der Waals surface area contributed by atoms with Gasteiger partial charge in [0.2, 0.25) is 0 Å². The highest BCUT2D eigenvalue weighted by molar-refractivity contribution is 6.62. The minimum Gasteiger partial charge on any atom is -0.423 e. The second-order valence-electron chi connectivity index (χ2n) is 11.1. The summed E-state index contributed by atoms with van der Waals surface area (Å²) in [5.74, 6) is -0.175. The van der Waals surface area contributed by atoms with Gasteiger partial charge in [-0.1, -0.05) is 58.2 Å². The minimum absolute atomic E-state index is 0.175. The van der Waals surface area contributed by atoms with Crippen molar-refractivity contribution in [3.05, 3.63) is 104 Å². The molecule has 0 radical (unpaired) electrons. The van der Waals surface area contributed by atoms with E-state index < -0.39 is 18.3 Å². The third-order valence-electron chi connectivity index (χ3n) is 7.83. The topological polar surface area (TPSA) is 84.6 Å². The van der Waals surface area contributed by atoms with Crippen LogP contribution < -0.4 is 10.8 Å². The number of halogens is 3. The number of rotatable bonds is 6. The quantitative estimate of drug-likeness (QED) is 0.212. The number of fused-ring (bicyclic) bond motifs is 2. The number of oxime groups is 1. The summed E-state index contributed by atoms with van der Waals surface area (Å²) < 4.78 is 7.59. The molecule has 2 N–H and O–H groups in total. The van der Waals surface area contributed by atoms with E-state index in [0.717, 1.165) is 39.1 Å². The van der Waals surface area contributed by atoms with Gasteiger partial charge in [0.1, 0.15) is 5.71 Å². The van der Waals surface area contributed by atoms with Crippen LogP contribution in [0, 0.1) is 0 Å². The SMILES string of the molecule is CC1(C)OB(O)c2cc(CCNC(=O)c3ccc(C4=NOC(C)(c5cc(Cl)c(Cl)c(Cl)c5)C4)n4cccc34)ccc21. The molecule has 1 amide bonds. The molecule has 4 heterocycles. The standard InChI is InChI=1S/C30H27BCl3N3O4/c1-29(2)20-8-6-17(13-21(20)31(39)40-29)10-11-35-28(38)19-7-9-26(37-12-4-5-25(19)37)24-16-30(3,41-36-24)18-14-22(32)27(34)23(33)15-18/h4-9,12-15,39H,10-11,16H2,1-3H3,(H,35,38). The van der Waals surface area contributed by atoms with Gasteiger partial charge in [0.25, 0.3) is 5.91 Å². The van der Waals surface area contributed by atoms with E-state index in [2.05, 4.69) is 10.5 Å². The summed E-state index contributed by atoms with van der Waals surface area (Å²) in [6.07, 6.45) is 2.99. The molecule has 7 nitrogen and oxygen atoms in total. The molecule has 0 bridgehead atoms. The lowest BCUT2D eigenvalue weighted by atomic mass is 9.77. The molecule has 4 aromatic rings. The van der Waals surface area contributed by atoms with Crippen LogP contribution in [0.15, 0.2) is 65.9 Å². The fraction of sp³-hybridized carbons (Fsp3) is 0.267. The number of pyridine rings is 1. The first-order chi connectivity index (χ1) is 19.5. The summed E-state index contributed by atoms with van der Waals surface area (Å²) in [6, 6.07) is 16.9. The van der Waals surface area contributed by atoms with Crippen LogP contribution in [0.25, 0.3) is 5.52 Å². The lowest BCUT2D eigenvalue weighted by molar-refractivity contribution is -0.00737. The van der Waals surface area contributed by atoms with Crippen LogP contribution in [-0.2, 0) is 27.1 Å². The van der Waals surface area contributed by atoms with Gasteiger partial charge in [0, 0.05) is 24.7 Å². The zero-order valence-electron chi connectivity index (χ0n) is 22.7. The number of nitrogens with zero attached hydrogens (tertiary/aromatic N) is 2. The lowest BCUT2D eigenvalue weighted by Gasteiger charge is -2.23. The van der Waals surface area contributed by atoms with Crippen molar-refractivity contribution in [2.24, 2.45) is 5.16 Å². The van der Waals surface area contributed by atoms with Gasteiger partial charge in [-0.25, -0.2) is 0 Å². The van der Waals surface area contributed by atoms with Crippen molar-refractivity contribution in [2.45, 2.75) is 44.8 Å². The average molecular weight is 611 g/mol. The van der Waals surface area contributed by atoms with Crippen molar-refractivity contribution in [1.29, 1.82) is 0 Å². The molecule has 210 valence electrons. The van der Waals surface area contributed by atoms with Crippen LogP contribution in [-0.4, -0.2) is 34.7 Å². The average Bonchev–Trinajstić information content (AvgIpc) is 3.63. The monoisotopic (exact) mass is 609 g/mol. The number of hydrogen-bond acceptors (Lipinski definition) is 5. The molecule has 2 aromatic carbocycles. The van der Waals surface area contributed by atoms with Crippen LogP contribution in [0.1, 0.15) is 59.9 Å². The lowest BCUT2D eigenvalue weighted by Crippen LogP contribution is -2.29. The van der Waals surface area contributed by atoms with Crippen LogP contribution in [0.2, 0.25) is 15.1 Å². The molecule has 6 rings (SSSR count). The first-order valence-corrected chi connectivity index (χ1v) is 14.4. The fourth-order valence-corrected chi connectivity index (χ4v) is 6.20. The smallest absolute Gasteiger partial charge is 0.423 e.